The summed E-state index contributed by atoms with van der Waals surface area (Å²) in [6.45, 7) is 4.47. The van der Waals surface area contributed by atoms with Gasteiger partial charge in [-0.3, -0.25) is 0 Å². The average Bonchev–Trinajstić information content (AvgIpc) is 2.77. The van der Waals surface area contributed by atoms with E-state index in [2.05, 4.69) is 15.5 Å². The molecule has 0 amide bonds. The minimum absolute atomic E-state index is 0.0999. The van der Waals surface area contributed by atoms with Gasteiger partial charge in [0.1, 0.15) is 18.0 Å². The van der Waals surface area contributed by atoms with Crippen molar-refractivity contribution in [1.82, 2.24) is 20.1 Å². The van der Waals surface area contributed by atoms with Gasteiger partial charge >= 0.3 is 0 Å². The molecule has 1 heterocycles. The van der Waals surface area contributed by atoms with E-state index in [0.29, 0.717) is 12.1 Å². The quantitative estimate of drug-likeness (QED) is 0.901. The van der Waals surface area contributed by atoms with E-state index >= 15 is 0 Å². The minimum atomic E-state index is -0.167. The van der Waals surface area contributed by atoms with Crippen molar-refractivity contribution in [2.45, 2.75) is 26.4 Å². The summed E-state index contributed by atoms with van der Waals surface area (Å²) < 4.78 is 15.0. The molecule has 0 aliphatic heterocycles. The lowest BCUT2D eigenvalue weighted by molar-refractivity contribution is 0.527. The lowest BCUT2D eigenvalue weighted by Gasteiger charge is -2.13. The second-order valence-electron chi connectivity index (χ2n) is 4.49. The molecule has 2 rings (SSSR count). The molecule has 4 nitrogen and oxygen atoms in total. The first kappa shape index (κ1) is 12.7. The highest BCUT2D eigenvalue weighted by atomic mass is 19.1. The van der Waals surface area contributed by atoms with Gasteiger partial charge in [0.25, 0.3) is 0 Å². The van der Waals surface area contributed by atoms with Crippen molar-refractivity contribution in [3.63, 3.8) is 0 Å². The molecule has 0 radical (unpaired) electrons. The van der Waals surface area contributed by atoms with Crippen molar-refractivity contribution in [2.24, 2.45) is 7.05 Å². The Morgan fingerprint density at radius 2 is 2.22 bits per heavy atom. The SMILES string of the molecule is Cc1cc(CNC(C)c2nncn2C)ccc1F. The Kier molecular flexibility index (Phi) is 3.72. The summed E-state index contributed by atoms with van der Waals surface area (Å²) >= 11 is 0. The Morgan fingerprint density at radius 3 is 2.83 bits per heavy atom. The molecule has 0 spiro atoms. The van der Waals surface area contributed by atoms with Gasteiger partial charge in [0.05, 0.1) is 6.04 Å². The maximum Gasteiger partial charge on any atom is 0.149 e. The highest BCUT2D eigenvalue weighted by Crippen LogP contribution is 2.12. The van der Waals surface area contributed by atoms with E-state index in [9.17, 15) is 4.39 Å². The number of halogens is 1. The Bertz CT molecular complexity index is 536. The summed E-state index contributed by atoms with van der Waals surface area (Å²) in [6.07, 6.45) is 1.68. The largest absolute Gasteiger partial charge is 0.319 e. The zero-order valence-electron chi connectivity index (χ0n) is 10.8. The van der Waals surface area contributed by atoms with Gasteiger partial charge < -0.3 is 9.88 Å². The summed E-state index contributed by atoms with van der Waals surface area (Å²) in [5.74, 6) is 0.717. The number of hydrogen-bond donors (Lipinski definition) is 1. The van der Waals surface area contributed by atoms with Crippen LogP contribution in [0.5, 0.6) is 0 Å². The molecule has 0 saturated heterocycles. The van der Waals surface area contributed by atoms with E-state index in [0.717, 1.165) is 11.4 Å². The molecule has 0 aliphatic rings. The molecule has 1 N–H and O–H groups in total. The van der Waals surface area contributed by atoms with Crippen molar-refractivity contribution >= 4 is 0 Å². The van der Waals surface area contributed by atoms with Crippen molar-refractivity contribution in [3.05, 3.63) is 47.3 Å². The third-order valence-electron chi connectivity index (χ3n) is 2.97. The number of benzene rings is 1. The van der Waals surface area contributed by atoms with E-state index in [4.69, 9.17) is 0 Å². The van der Waals surface area contributed by atoms with Crippen LogP contribution in [0.25, 0.3) is 0 Å². The van der Waals surface area contributed by atoms with Gasteiger partial charge in [0.2, 0.25) is 0 Å². The number of aryl methyl sites for hydroxylation is 2. The fraction of sp³-hybridized carbons (Fsp3) is 0.385. The molecule has 1 aromatic heterocycles. The second-order valence-corrected chi connectivity index (χ2v) is 4.49. The molecule has 18 heavy (non-hydrogen) atoms. The standard InChI is InChI=1S/C13H17FN4/c1-9-6-11(4-5-12(9)14)7-15-10(2)13-17-16-8-18(13)3/h4-6,8,10,15H,7H2,1-3H3. The zero-order chi connectivity index (χ0) is 13.1. The predicted molar refractivity (Wildman–Crippen MR) is 67.4 cm³/mol. The molecule has 1 aromatic carbocycles. The lowest BCUT2D eigenvalue weighted by Crippen LogP contribution is -2.21. The van der Waals surface area contributed by atoms with Crippen LogP contribution in [0.4, 0.5) is 4.39 Å². The molecule has 96 valence electrons. The van der Waals surface area contributed by atoms with Crippen LogP contribution in [0.1, 0.15) is 29.9 Å². The van der Waals surface area contributed by atoms with Crippen molar-refractivity contribution in [3.8, 4) is 0 Å². The van der Waals surface area contributed by atoms with Crippen LogP contribution in [0.2, 0.25) is 0 Å². The molecule has 0 bridgehead atoms. The fourth-order valence-corrected chi connectivity index (χ4v) is 1.86. The minimum Gasteiger partial charge on any atom is -0.319 e. The molecule has 0 saturated carbocycles. The smallest absolute Gasteiger partial charge is 0.149 e. The van der Waals surface area contributed by atoms with E-state index in [-0.39, 0.29) is 11.9 Å². The summed E-state index contributed by atoms with van der Waals surface area (Å²) in [5, 5.41) is 11.2. The highest BCUT2D eigenvalue weighted by molar-refractivity contribution is 5.23. The Balaban J connectivity index is 1.99. The number of hydrogen-bond acceptors (Lipinski definition) is 3. The molecular formula is C13H17FN4. The number of nitrogens with one attached hydrogen (secondary N) is 1. The topological polar surface area (TPSA) is 42.7 Å². The summed E-state index contributed by atoms with van der Waals surface area (Å²) in [5.41, 5.74) is 1.73. The maximum atomic E-state index is 13.1. The van der Waals surface area contributed by atoms with Crippen LogP contribution in [0.15, 0.2) is 24.5 Å². The van der Waals surface area contributed by atoms with Gasteiger partial charge in [0.15, 0.2) is 0 Å². The molecule has 0 fully saturated rings. The van der Waals surface area contributed by atoms with Gasteiger partial charge in [-0.1, -0.05) is 12.1 Å². The normalized spacial score (nSPS) is 12.7. The molecule has 5 heteroatoms. The molecule has 1 unspecified atom stereocenters. The van der Waals surface area contributed by atoms with Gasteiger partial charge in [-0.05, 0) is 31.0 Å². The van der Waals surface area contributed by atoms with Crippen LogP contribution in [0, 0.1) is 12.7 Å². The van der Waals surface area contributed by atoms with Crippen molar-refractivity contribution < 1.29 is 4.39 Å². The maximum absolute atomic E-state index is 13.1. The predicted octanol–water partition coefficient (Wildman–Crippen LogP) is 2.11. The van der Waals surface area contributed by atoms with Crippen molar-refractivity contribution in [2.75, 3.05) is 0 Å². The van der Waals surface area contributed by atoms with Crippen LogP contribution in [0.3, 0.4) is 0 Å². The third kappa shape index (κ3) is 2.73. The van der Waals surface area contributed by atoms with Crippen LogP contribution >= 0.6 is 0 Å². The fourth-order valence-electron chi connectivity index (χ4n) is 1.86. The van der Waals surface area contributed by atoms with Crippen LogP contribution < -0.4 is 5.32 Å². The Hall–Kier alpha value is -1.75. The van der Waals surface area contributed by atoms with Gasteiger partial charge in [-0.15, -0.1) is 10.2 Å². The van der Waals surface area contributed by atoms with Crippen LogP contribution in [-0.4, -0.2) is 14.8 Å². The molecular weight excluding hydrogens is 231 g/mol. The first-order chi connectivity index (χ1) is 8.58. The first-order valence-corrected chi connectivity index (χ1v) is 5.90. The summed E-state index contributed by atoms with van der Waals surface area (Å²) in [4.78, 5) is 0. The summed E-state index contributed by atoms with van der Waals surface area (Å²) in [6, 6.07) is 5.24. The van der Waals surface area contributed by atoms with E-state index in [1.165, 1.54) is 6.07 Å². The molecule has 0 aliphatic carbocycles. The number of aromatic nitrogens is 3. The highest BCUT2D eigenvalue weighted by Gasteiger charge is 2.10. The van der Waals surface area contributed by atoms with Gasteiger partial charge in [0, 0.05) is 13.6 Å². The molecule has 2 aromatic rings. The third-order valence-corrected chi connectivity index (χ3v) is 2.97. The molecule has 1 atom stereocenters. The zero-order valence-corrected chi connectivity index (χ0v) is 10.8. The Morgan fingerprint density at radius 1 is 1.44 bits per heavy atom. The monoisotopic (exact) mass is 248 g/mol. The summed E-state index contributed by atoms with van der Waals surface area (Å²) in [7, 11) is 1.91. The van der Waals surface area contributed by atoms with Gasteiger partial charge in [-0.25, -0.2) is 4.39 Å². The number of nitrogens with zero attached hydrogens (tertiary/aromatic N) is 3. The Labute approximate surface area is 106 Å². The van der Waals surface area contributed by atoms with Crippen LogP contribution in [-0.2, 0) is 13.6 Å². The number of rotatable bonds is 4. The van der Waals surface area contributed by atoms with E-state index < -0.39 is 0 Å². The average molecular weight is 248 g/mol. The second kappa shape index (κ2) is 5.27. The lowest BCUT2D eigenvalue weighted by atomic mass is 10.1. The van der Waals surface area contributed by atoms with Gasteiger partial charge in [-0.2, -0.15) is 0 Å². The van der Waals surface area contributed by atoms with E-state index in [1.54, 1.807) is 19.3 Å². The first-order valence-electron chi connectivity index (χ1n) is 5.90. The van der Waals surface area contributed by atoms with E-state index in [1.807, 2.05) is 24.6 Å². The van der Waals surface area contributed by atoms with Crippen molar-refractivity contribution in [1.29, 1.82) is 0 Å².